The average Bonchev–Trinajstić information content (AvgIpc) is 2.59. The summed E-state index contributed by atoms with van der Waals surface area (Å²) < 4.78 is 4.73. The number of nitrogens with zero attached hydrogens (tertiary/aromatic N) is 2. The second kappa shape index (κ2) is 6.66. The molecule has 0 amide bonds. The Kier molecular flexibility index (Phi) is 4.42. The minimum atomic E-state index is -0.329. The number of aromatic nitrogens is 2. The van der Waals surface area contributed by atoms with E-state index in [0.29, 0.717) is 11.5 Å². The molecule has 0 radical (unpaired) electrons. The van der Waals surface area contributed by atoms with Gasteiger partial charge in [-0.25, -0.2) is 0 Å². The van der Waals surface area contributed by atoms with Gasteiger partial charge in [-0.2, -0.15) is 5.10 Å². The molecule has 1 heterocycles. The SMILES string of the molecule is COC(=O)Cc1nnc(Nc2ccc(C)cc2C)c2ccccc12. The van der Waals surface area contributed by atoms with Crippen LogP contribution in [0.2, 0.25) is 0 Å². The first-order valence-corrected chi connectivity index (χ1v) is 7.74. The Morgan fingerprint density at radius 1 is 1.08 bits per heavy atom. The van der Waals surface area contributed by atoms with Gasteiger partial charge < -0.3 is 10.1 Å². The van der Waals surface area contributed by atoms with E-state index >= 15 is 0 Å². The molecule has 1 aromatic heterocycles. The highest BCUT2D eigenvalue weighted by molar-refractivity contribution is 5.95. The summed E-state index contributed by atoms with van der Waals surface area (Å²) in [6.07, 6.45) is 0.105. The number of nitrogens with one attached hydrogen (secondary N) is 1. The first kappa shape index (κ1) is 15.9. The first-order valence-electron chi connectivity index (χ1n) is 7.74. The number of aryl methyl sites for hydroxylation is 2. The van der Waals surface area contributed by atoms with Crippen LogP contribution in [0, 0.1) is 13.8 Å². The molecule has 0 spiro atoms. The molecule has 0 saturated heterocycles. The van der Waals surface area contributed by atoms with Crippen LogP contribution >= 0.6 is 0 Å². The summed E-state index contributed by atoms with van der Waals surface area (Å²) in [5.74, 6) is 0.343. The summed E-state index contributed by atoms with van der Waals surface area (Å²) in [5, 5.41) is 13.7. The first-order chi connectivity index (χ1) is 11.6. The summed E-state index contributed by atoms with van der Waals surface area (Å²) in [6, 6.07) is 14.0. The van der Waals surface area contributed by atoms with Crippen molar-refractivity contribution in [3.63, 3.8) is 0 Å². The summed E-state index contributed by atoms with van der Waals surface area (Å²) in [4.78, 5) is 11.6. The molecule has 3 rings (SSSR count). The van der Waals surface area contributed by atoms with Crippen molar-refractivity contribution in [1.29, 1.82) is 0 Å². The van der Waals surface area contributed by atoms with E-state index in [9.17, 15) is 4.79 Å². The third kappa shape index (κ3) is 3.20. The van der Waals surface area contributed by atoms with Gasteiger partial charge in [-0.05, 0) is 25.5 Å². The molecule has 0 unspecified atom stereocenters. The van der Waals surface area contributed by atoms with Gasteiger partial charge in [0.1, 0.15) is 0 Å². The van der Waals surface area contributed by atoms with Gasteiger partial charge in [-0.15, -0.1) is 5.10 Å². The molecule has 1 N–H and O–H groups in total. The molecule has 0 aliphatic carbocycles. The van der Waals surface area contributed by atoms with Crippen LogP contribution < -0.4 is 5.32 Å². The summed E-state index contributed by atoms with van der Waals surface area (Å²) in [5.41, 5.74) is 3.95. The molecule has 122 valence electrons. The van der Waals surface area contributed by atoms with E-state index in [2.05, 4.69) is 41.5 Å². The molecule has 2 aromatic carbocycles. The standard InChI is InChI=1S/C19H19N3O2/c1-12-8-9-16(13(2)10-12)20-19-15-7-5-4-6-14(15)17(21-22-19)11-18(23)24-3/h4-10H,11H2,1-3H3,(H,20,22). The van der Waals surface area contributed by atoms with Crippen molar-refractivity contribution in [1.82, 2.24) is 10.2 Å². The van der Waals surface area contributed by atoms with Crippen LogP contribution in [-0.2, 0) is 16.0 Å². The van der Waals surface area contributed by atoms with Gasteiger partial charge in [0, 0.05) is 16.5 Å². The van der Waals surface area contributed by atoms with E-state index in [1.807, 2.05) is 30.3 Å². The van der Waals surface area contributed by atoms with E-state index in [1.165, 1.54) is 12.7 Å². The number of ether oxygens (including phenoxy) is 1. The predicted molar refractivity (Wildman–Crippen MR) is 94.5 cm³/mol. The highest BCUT2D eigenvalue weighted by Gasteiger charge is 2.13. The quantitative estimate of drug-likeness (QED) is 0.742. The lowest BCUT2D eigenvalue weighted by molar-refractivity contribution is -0.139. The minimum absolute atomic E-state index is 0.105. The number of fused-ring (bicyclic) bond motifs is 1. The van der Waals surface area contributed by atoms with Crippen molar-refractivity contribution in [2.75, 3.05) is 12.4 Å². The van der Waals surface area contributed by atoms with E-state index in [4.69, 9.17) is 4.74 Å². The van der Waals surface area contributed by atoms with E-state index in [0.717, 1.165) is 22.0 Å². The van der Waals surface area contributed by atoms with E-state index < -0.39 is 0 Å². The molecular weight excluding hydrogens is 302 g/mol. The van der Waals surface area contributed by atoms with Gasteiger partial charge in [0.25, 0.3) is 0 Å². The third-order valence-electron chi connectivity index (χ3n) is 3.94. The van der Waals surface area contributed by atoms with Gasteiger partial charge in [-0.3, -0.25) is 4.79 Å². The lowest BCUT2D eigenvalue weighted by atomic mass is 10.1. The molecule has 0 fully saturated rings. The maximum Gasteiger partial charge on any atom is 0.311 e. The Balaban J connectivity index is 2.03. The highest BCUT2D eigenvalue weighted by Crippen LogP contribution is 2.27. The van der Waals surface area contributed by atoms with E-state index in [-0.39, 0.29) is 12.4 Å². The maximum absolute atomic E-state index is 11.6. The van der Waals surface area contributed by atoms with Crippen LogP contribution in [0.1, 0.15) is 16.8 Å². The van der Waals surface area contributed by atoms with Crippen LogP contribution in [-0.4, -0.2) is 23.3 Å². The normalized spacial score (nSPS) is 10.6. The molecule has 0 atom stereocenters. The summed E-state index contributed by atoms with van der Waals surface area (Å²) >= 11 is 0. The third-order valence-corrected chi connectivity index (χ3v) is 3.94. The number of hydrogen-bond donors (Lipinski definition) is 1. The predicted octanol–water partition coefficient (Wildman–Crippen LogP) is 3.71. The number of esters is 1. The molecule has 0 aliphatic rings. The monoisotopic (exact) mass is 321 g/mol. The zero-order valence-electron chi connectivity index (χ0n) is 14.0. The van der Waals surface area contributed by atoms with Crippen molar-refractivity contribution in [2.24, 2.45) is 0 Å². The van der Waals surface area contributed by atoms with E-state index in [1.54, 1.807) is 0 Å². The van der Waals surface area contributed by atoms with Gasteiger partial charge in [-0.1, -0.05) is 42.0 Å². The molecule has 0 aliphatic heterocycles. The molecule has 24 heavy (non-hydrogen) atoms. The van der Waals surface area contributed by atoms with Gasteiger partial charge >= 0.3 is 5.97 Å². The number of anilines is 2. The fraction of sp³-hybridized carbons (Fsp3) is 0.211. The van der Waals surface area contributed by atoms with Crippen molar-refractivity contribution < 1.29 is 9.53 Å². The van der Waals surface area contributed by atoms with Crippen molar-refractivity contribution in [2.45, 2.75) is 20.3 Å². The topological polar surface area (TPSA) is 64.1 Å². The smallest absolute Gasteiger partial charge is 0.311 e. The Bertz CT molecular complexity index is 906. The number of benzene rings is 2. The lowest BCUT2D eigenvalue weighted by Crippen LogP contribution is -2.09. The number of rotatable bonds is 4. The highest BCUT2D eigenvalue weighted by atomic mass is 16.5. The Labute approximate surface area is 140 Å². The molecule has 3 aromatic rings. The average molecular weight is 321 g/mol. The molecule has 0 saturated carbocycles. The Hall–Kier alpha value is -2.95. The Morgan fingerprint density at radius 3 is 2.54 bits per heavy atom. The molecular formula is C19H19N3O2. The fourth-order valence-corrected chi connectivity index (χ4v) is 2.67. The number of carbonyl (C=O) groups is 1. The van der Waals surface area contributed by atoms with Crippen molar-refractivity contribution in [3.8, 4) is 0 Å². The number of carbonyl (C=O) groups excluding carboxylic acids is 1. The van der Waals surface area contributed by atoms with Crippen LogP contribution in [0.3, 0.4) is 0 Å². The summed E-state index contributed by atoms with van der Waals surface area (Å²) in [6.45, 7) is 4.12. The Morgan fingerprint density at radius 2 is 1.83 bits per heavy atom. The van der Waals surface area contributed by atoms with Crippen LogP contribution in [0.25, 0.3) is 10.8 Å². The van der Waals surface area contributed by atoms with Gasteiger partial charge in [0.15, 0.2) is 5.82 Å². The molecule has 5 heteroatoms. The molecule has 0 bridgehead atoms. The fourth-order valence-electron chi connectivity index (χ4n) is 2.67. The zero-order chi connectivity index (χ0) is 17.1. The maximum atomic E-state index is 11.6. The van der Waals surface area contributed by atoms with Crippen LogP contribution in [0.15, 0.2) is 42.5 Å². The molecule has 5 nitrogen and oxygen atoms in total. The number of hydrogen-bond acceptors (Lipinski definition) is 5. The minimum Gasteiger partial charge on any atom is -0.469 e. The van der Waals surface area contributed by atoms with Crippen LogP contribution in [0.4, 0.5) is 11.5 Å². The largest absolute Gasteiger partial charge is 0.469 e. The second-order valence-corrected chi connectivity index (χ2v) is 5.74. The number of methoxy groups -OCH3 is 1. The van der Waals surface area contributed by atoms with Crippen LogP contribution in [0.5, 0.6) is 0 Å². The van der Waals surface area contributed by atoms with Crippen molar-refractivity contribution >= 4 is 28.2 Å². The zero-order valence-corrected chi connectivity index (χ0v) is 14.0. The summed E-state index contributed by atoms with van der Waals surface area (Å²) in [7, 11) is 1.37. The lowest BCUT2D eigenvalue weighted by Gasteiger charge is -2.12. The van der Waals surface area contributed by atoms with Crippen molar-refractivity contribution in [3.05, 3.63) is 59.3 Å². The van der Waals surface area contributed by atoms with Gasteiger partial charge in [0.2, 0.25) is 0 Å². The second-order valence-electron chi connectivity index (χ2n) is 5.74. The van der Waals surface area contributed by atoms with Gasteiger partial charge in [0.05, 0.1) is 19.2 Å².